The molecule has 0 radical (unpaired) electrons. The summed E-state index contributed by atoms with van der Waals surface area (Å²) in [5, 5.41) is 2.93. The van der Waals surface area contributed by atoms with E-state index in [0.29, 0.717) is 11.8 Å². The molecule has 4 heteroatoms. The van der Waals surface area contributed by atoms with Gasteiger partial charge in [-0.25, -0.2) is 0 Å². The second kappa shape index (κ2) is 13.8. The van der Waals surface area contributed by atoms with Crippen LogP contribution in [-0.2, 0) is 0 Å². The highest BCUT2D eigenvalue weighted by atomic mass is 28.3. The van der Waals surface area contributed by atoms with Crippen LogP contribution in [0, 0.1) is 0 Å². The lowest BCUT2D eigenvalue weighted by molar-refractivity contribution is 0.443. The number of rotatable bonds is 6. The third-order valence-electron chi connectivity index (χ3n) is 13.5. The Morgan fingerprint density at radius 2 is 0.963 bits per heavy atom. The van der Waals surface area contributed by atoms with Gasteiger partial charge in [0.05, 0.1) is 0 Å². The zero-order valence-corrected chi connectivity index (χ0v) is 33.0. The van der Waals surface area contributed by atoms with Crippen LogP contribution >= 0.6 is 0 Å². The summed E-state index contributed by atoms with van der Waals surface area (Å²) in [5.41, 5.74) is 15.1. The summed E-state index contributed by atoms with van der Waals surface area (Å²) in [5.74, 6) is 1.33. The van der Waals surface area contributed by atoms with Crippen LogP contribution in [0.25, 0.3) is 0 Å². The minimum absolute atomic E-state index is 0.151. The first-order valence-corrected chi connectivity index (χ1v) is 23.8. The molecular weight excluding hydrogens is 667 g/mol. The first kappa shape index (κ1) is 33.7. The Kier molecular flexibility index (Phi) is 8.63. The molecule has 0 atom stereocenters. The molecule has 0 N–H and O–H groups in total. The molecule has 2 saturated carbocycles. The monoisotopic (exact) mass is 718 g/mol. The zero-order valence-electron chi connectivity index (χ0n) is 32.0. The lowest BCUT2D eigenvalue weighted by atomic mass is 9.33. The van der Waals surface area contributed by atoms with Gasteiger partial charge in [0.1, 0.15) is 8.07 Å². The molecule has 2 nitrogen and oxygen atoms in total. The van der Waals surface area contributed by atoms with Gasteiger partial charge in [0, 0.05) is 34.1 Å². The third kappa shape index (κ3) is 5.68. The Bertz CT molecular complexity index is 2290. The number of nitrogens with zero attached hydrogens (tertiary/aromatic N) is 2. The molecule has 4 aliphatic rings. The molecule has 2 aliphatic heterocycles. The van der Waals surface area contributed by atoms with Crippen LogP contribution < -0.4 is 36.6 Å². The van der Waals surface area contributed by atoms with Gasteiger partial charge in [-0.15, -0.1) is 0 Å². The maximum absolute atomic E-state index is 2.65. The van der Waals surface area contributed by atoms with Gasteiger partial charge in [-0.1, -0.05) is 153 Å². The van der Waals surface area contributed by atoms with E-state index in [-0.39, 0.29) is 6.71 Å². The van der Waals surface area contributed by atoms with Gasteiger partial charge in [-0.3, -0.25) is 0 Å². The van der Waals surface area contributed by atoms with Crippen molar-refractivity contribution >= 4 is 75.7 Å². The van der Waals surface area contributed by atoms with Crippen LogP contribution in [0.4, 0.5) is 34.1 Å². The van der Waals surface area contributed by atoms with E-state index in [4.69, 9.17) is 0 Å². The van der Waals surface area contributed by atoms with Gasteiger partial charge in [-0.2, -0.15) is 0 Å². The van der Waals surface area contributed by atoms with E-state index in [0.717, 1.165) is 0 Å². The van der Waals surface area contributed by atoms with Crippen molar-refractivity contribution in [3.63, 3.8) is 0 Å². The fraction of sp³-hybridized carbons (Fsp3) is 0.280. The number of fused-ring (bicyclic) bond motifs is 4. The molecule has 0 bridgehead atoms. The predicted octanol–water partition coefficient (Wildman–Crippen LogP) is 10.7. The predicted molar refractivity (Wildman–Crippen MR) is 235 cm³/mol. The van der Waals surface area contributed by atoms with Gasteiger partial charge in [-0.05, 0) is 114 Å². The molecule has 0 unspecified atom stereocenters. The van der Waals surface area contributed by atoms with Crippen molar-refractivity contribution in [3.05, 3.63) is 151 Å². The molecule has 2 heterocycles. The van der Waals surface area contributed by atoms with Crippen LogP contribution in [-0.4, -0.2) is 14.8 Å². The number of benzene rings is 6. The highest BCUT2D eigenvalue weighted by Gasteiger charge is 2.44. The molecule has 268 valence electrons. The highest BCUT2D eigenvalue weighted by Crippen LogP contribution is 2.45. The fourth-order valence-corrected chi connectivity index (χ4v) is 12.9. The molecular formula is C50H51BN2Si. The summed E-state index contributed by atoms with van der Waals surface area (Å²) in [6.45, 7) is 5.22. The topological polar surface area (TPSA) is 6.48 Å². The van der Waals surface area contributed by atoms with E-state index in [1.807, 2.05) is 0 Å². The van der Waals surface area contributed by atoms with Gasteiger partial charge >= 0.3 is 0 Å². The first-order chi connectivity index (χ1) is 26.6. The van der Waals surface area contributed by atoms with Crippen LogP contribution in [0.3, 0.4) is 0 Å². The van der Waals surface area contributed by atoms with Gasteiger partial charge < -0.3 is 9.80 Å². The van der Waals surface area contributed by atoms with Crippen LogP contribution in [0.5, 0.6) is 0 Å². The Labute approximate surface area is 324 Å². The Morgan fingerprint density at radius 3 is 1.61 bits per heavy atom. The minimum Gasteiger partial charge on any atom is -0.311 e. The summed E-state index contributed by atoms with van der Waals surface area (Å²) in [6.07, 6.45) is 13.4. The smallest absolute Gasteiger partial charge is 0.252 e. The van der Waals surface area contributed by atoms with E-state index in [2.05, 4.69) is 162 Å². The molecule has 6 aromatic rings. The molecule has 0 amide bonds. The molecule has 10 rings (SSSR count). The first-order valence-electron chi connectivity index (χ1n) is 20.8. The quantitative estimate of drug-likeness (QED) is 0.158. The molecule has 0 aromatic heterocycles. The number of hydrogen-bond acceptors (Lipinski definition) is 2. The van der Waals surface area contributed by atoms with Gasteiger partial charge in [0.25, 0.3) is 6.71 Å². The van der Waals surface area contributed by atoms with Crippen LogP contribution in [0.1, 0.15) is 87.2 Å². The maximum atomic E-state index is 2.65. The molecule has 0 saturated heterocycles. The largest absolute Gasteiger partial charge is 0.311 e. The fourth-order valence-electron chi connectivity index (χ4n) is 10.5. The summed E-state index contributed by atoms with van der Waals surface area (Å²) in [7, 11) is -2.12. The second-order valence-electron chi connectivity index (χ2n) is 17.0. The Hall–Kier alpha value is -4.80. The second-order valence-corrected chi connectivity index (χ2v) is 21.4. The van der Waals surface area contributed by atoms with Crippen molar-refractivity contribution in [2.24, 2.45) is 0 Å². The molecule has 2 fully saturated rings. The van der Waals surface area contributed by atoms with E-state index < -0.39 is 8.07 Å². The van der Waals surface area contributed by atoms with Crippen molar-refractivity contribution in [2.75, 3.05) is 9.80 Å². The minimum atomic E-state index is -2.12. The molecule has 0 spiro atoms. The van der Waals surface area contributed by atoms with Crippen LogP contribution in [0.2, 0.25) is 13.1 Å². The molecule has 6 aromatic carbocycles. The summed E-state index contributed by atoms with van der Waals surface area (Å²) < 4.78 is 0. The van der Waals surface area contributed by atoms with E-state index in [1.54, 1.807) is 0 Å². The SMILES string of the molecule is C[Si](C)(c1ccccc1)c1cc2c3c(c1)N(c1ccc(C4CCCCC4)cc1)c1ccc(C4CCCCC4)cc1B3c1ccccc1N2c1ccccc1. The summed E-state index contributed by atoms with van der Waals surface area (Å²) in [4.78, 5) is 5.22. The van der Waals surface area contributed by atoms with Gasteiger partial charge in [0.15, 0.2) is 0 Å². The average molecular weight is 719 g/mol. The standard InChI is InChI=1S/C50H51BN2Si/c1-54(2,42-23-13-6-14-24-42)43-34-48-50-49(35-43)53(41-30-27-38(28-31-41)36-17-7-3-8-18-36)47-32-29-39(37-19-9-4-10-20-37)33-45(47)51(50)44-25-15-16-26-46(44)52(48)40-21-11-5-12-22-40/h5-6,11-16,21-37H,3-4,7-10,17-20H2,1-2H3. The summed E-state index contributed by atoms with van der Waals surface area (Å²) in [6, 6.07) is 54.3. The average Bonchev–Trinajstić information content (AvgIpc) is 3.24. The van der Waals surface area contributed by atoms with Crippen LogP contribution in [0.15, 0.2) is 140 Å². The van der Waals surface area contributed by atoms with Gasteiger partial charge in [0.2, 0.25) is 0 Å². The lowest BCUT2D eigenvalue weighted by Gasteiger charge is -2.45. The lowest BCUT2D eigenvalue weighted by Crippen LogP contribution is -2.63. The maximum Gasteiger partial charge on any atom is 0.252 e. The number of anilines is 6. The van der Waals surface area contributed by atoms with Crippen molar-refractivity contribution in [1.29, 1.82) is 0 Å². The van der Waals surface area contributed by atoms with E-state index in [9.17, 15) is 0 Å². The van der Waals surface area contributed by atoms with Crippen molar-refractivity contribution in [1.82, 2.24) is 0 Å². The third-order valence-corrected chi connectivity index (χ3v) is 17.0. The van der Waals surface area contributed by atoms with Crippen molar-refractivity contribution < 1.29 is 0 Å². The van der Waals surface area contributed by atoms with Crippen molar-refractivity contribution in [3.8, 4) is 0 Å². The number of para-hydroxylation sites is 2. The Morgan fingerprint density at radius 1 is 0.444 bits per heavy atom. The highest BCUT2D eigenvalue weighted by molar-refractivity contribution is 7.02. The zero-order chi connectivity index (χ0) is 36.2. The summed E-state index contributed by atoms with van der Waals surface area (Å²) >= 11 is 0. The molecule has 54 heavy (non-hydrogen) atoms. The molecule has 2 aliphatic carbocycles. The van der Waals surface area contributed by atoms with E-state index in [1.165, 1.54) is 136 Å². The number of hydrogen-bond donors (Lipinski definition) is 0. The van der Waals surface area contributed by atoms with E-state index >= 15 is 0 Å². The normalized spacial score (nSPS) is 17.2. The van der Waals surface area contributed by atoms with Crippen molar-refractivity contribution in [2.45, 2.75) is 89.1 Å². The Balaban J connectivity index is 1.25.